The molecule has 13 heavy (non-hydrogen) atoms. The Morgan fingerprint density at radius 1 is 1.38 bits per heavy atom. The van der Waals surface area contributed by atoms with Gasteiger partial charge in [-0.3, -0.25) is 0 Å². The third-order valence-electron chi connectivity index (χ3n) is 3.80. The van der Waals surface area contributed by atoms with Crippen LogP contribution in [0.1, 0.15) is 25.7 Å². The summed E-state index contributed by atoms with van der Waals surface area (Å²) in [5, 5.41) is 0. The van der Waals surface area contributed by atoms with Gasteiger partial charge in [-0.2, -0.15) is 0 Å². The monoisotopic (exact) mass is 203 g/mol. The highest BCUT2D eigenvalue weighted by Crippen LogP contribution is 2.47. The molecular formula is C9H17NO2S. The van der Waals surface area contributed by atoms with E-state index in [-0.39, 0.29) is 5.41 Å². The minimum absolute atomic E-state index is 0.0446. The molecule has 0 spiro atoms. The molecule has 2 aliphatic rings. The second-order valence-corrected chi connectivity index (χ2v) is 6.72. The molecular weight excluding hydrogens is 186 g/mol. The molecule has 0 aromatic heterocycles. The van der Waals surface area contributed by atoms with Gasteiger partial charge in [-0.25, -0.2) is 8.42 Å². The van der Waals surface area contributed by atoms with Crippen LogP contribution in [-0.4, -0.2) is 26.5 Å². The van der Waals surface area contributed by atoms with Crippen LogP contribution >= 0.6 is 0 Å². The van der Waals surface area contributed by atoms with Crippen LogP contribution in [0.2, 0.25) is 0 Å². The van der Waals surface area contributed by atoms with E-state index in [4.69, 9.17) is 5.73 Å². The second-order valence-electron chi connectivity index (χ2n) is 4.54. The molecule has 1 saturated heterocycles. The van der Waals surface area contributed by atoms with Gasteiger partial charge in [0, 0.05) is 5.41 Å². The average Bonchev–Trinajstić information content (AvgIpc) is 2.24. The molecule has 1 saturated carbocycles. The summed E-state index contributed by atoms with van der Waals surface area (Å²) in [5.41, 5.74) is 5.69. The number of nitrogens with two attached hydrogens (primary N) is 1. The Hall–Kier alpha value is -0.0900. The van der Waals surface area contributed by atoms with E-state index in [9.17, 15) is 8.42 Å². The summed E-state index contributed by atoms with van der Waals surface area (Å²) >= 11 is 0. The number of hydrogen-bond acceptors (Lipinski definition) is 3. The Bertz CT molecular complexity index is 295. The molecule has 1 heterocycles. The first-order valence-electron chi connectivity index (χ1n) is 4.98. The molecule has 4 heteroatoms. The molecule has 0 bridgehead atoms. The van der Waals surface area contributed by atoms with Gasteiger partial charge in [0.05, 0.1) is 11.5 Å². The zero-order valence-corrected chi connectivity index (χ0v) is 8.65. The molecule has 2 N–H and O–H groups in total. The smallest absolute Gasteiger partial charge is 0.150 e. The summed E-state index contributed by atoms with van der Waals surface area (Å²) in [6.07, 6.45) is 4.43. The number of rotatable bonds is 2. The van der Waals surface area contributed by atoms with Crippen LogP contribution in [0, 0.1) is 11.3 Å². The van der Waals surface area contributed by atoms with Crippen LogP contribution in [0.15, 0.2) is 0 Å². The third-order valence-corrected chi connectivity index (χ3v) is 5.64. The van der Waals surface area contributed by atoms with Crippen LogP contribution in [0.5, 0.6) is 0 Å². The van der Waals surface area contributed by atoms with Crippen molar-refractivity contribution in [3.05, 3.63) is 0 Å². The van der Waals surface area contributed by atoms with Crippen molar-refractivity contribution in [3.8, 4) is 0 Å². The maximum atomic E-state index is 11.4. The van der Waals surface area contributed by atoms with Gasteiger partial charge in [-0.05, 0) is 31.7 Å². The highest BCUT2D eigenvalue weighted by atomic mass is 32.2. The van der Waals surface area contributed by atoms with E-state index in [1.54, 1.807) is 0 Å². The molecule has 0 amide bonds. The van der Waals surface area contributed by atoms with Crippen molar-refractivity contribution in [1.82, 2.24) is 0 Å². The van der Waals surface area contributed by atoms with Gasteiger partial charge in [0.2, 0.25) is 0 Å². The first kappa shape index (κ1) is 9.46. The largest absolute Gasteiger partial charge is 0.330 e. The Morgan fingerprint density at radius 3 is 2.38 bits per heavy atom. The highest BCUT2D eigenvalue weighted by molar-refractivity contribution is 7.91. The molecule has 1 aliphatic heterocycles. The summed E-state index contributed by atoms with van der Waals surface area (Å²) in [4.78, 5) is 0. The standard InChI is InChI=1S/C9H17NO2S/c10-6-9(8-2-1-3-8)4-5-13(11,12)7-9/h8H,1-7,10H2. The zero-order valence-electron chi connectivity index (χ0n) is 7.83. The SMILES string of the molecule is NCC1(C2CCC2)CCS(=O)(=O)C1. The van der Waals surface area contributed by atoms with E-state index in [2.05, 4.69) is 0 Å². The van der Waals surface area contributed by atoms with Crippen molar-refractivity contribution < 1.29 is 8.42 Å². The Morgan fingerprint density at radius 2 is 2.08 bits per heavy atom. The lowest BCUT2D eigenvalue weighted by molar-refractivity contribution is 0.117. The zero-order chi connectivity index (χ0) is 9.53. The van der Waals surface area contributed by atoms with E-state index in [1.807, 2.05) is 0 Å². The summed E-state index contributed by atoms with van der Waals surface area (Å²) in [5.74, 6) is 1.30. The summed E-state index contributed by atoms with van der Waals surface area (Å²) in [7, 11) is -2.77. The minimum atomic E-state index is -2.77. The molecule has 0 aromatic rings. The average molecular weight is 203 g/mol. The van der Waals surface area contributed by atoms with Crippen LogP contribution in [-0.2, 0) is 9.84 Å². The fourth-order valence-electron chi connectivity index (χ4n) is 2.61. The van der Waals surface area contributed by atoms with Crippen molar-refractivity contribution in [2.45, 2.75) is 25.7 Å². The van der Waals surface area contributed by atoms with Crippen LogP contribution in [0.25, 0.3) is 0 Å². The summed E-state index contributed by atoms with van der Waals surface area (Å²) in [6, 6.07) is 0. The Labute approximate surface area is 79.6 Å². The Kier molecular flexibility index (Phi) is 2.15. The number of sulfone groups is 1. The predicted molar refractivity (Wildman–Crippen MR) is 52.1 cm³/mol. The van der Waals surface area contributed by atoms with Crippen molar-refractivity contribution in [3.63, 3.8) is 0 Å². The van der Waals surface area contributed by atoms with Crippen LogP contribution in [0.4, 0.5) is 0 Å². The molecule has 0 radical (unpaired) electrons. The van der Waals surface area contributed by atoms with E-state index < -0.39 is 9.84 Å². The summed E-state index contributed by atoms with van der Waals surface area (Å²) in [6.45, 7) is 0.552. The van der Waals surface area contributed by atoms with Gasteiger partial charge in [-0.1, -0.05) is 6.42 Å². The lowest BCUT2D eigenvalue weighted by atomic mass is 9.65. The van der Waals surface area contributed by atoms with Crippen LogP contribution < -0.4 is 5.73 Å². The molecule has 0 aromatic carbocycles. The van der Waals surface area contributed by atoms with Crippen molar-refractivity contribution in [1.29, 1.82) is 0 Å². The molecule has 2 rings (SSSR count). The van der Waals surface area contributed by atoms with Gasteiger partial charge in [0.15, 0.2) is 9.84 Å². The fraction of sp³-hybridized carbons (Fsp3) is 1.00. The molecule has 1 aliphatic carbocycles. The van der Waals surface area contributed by atoms with E-state index >= 15 is 0 Å². The third kappa shape index (κ3) is 1.50. The molecule has 76 valence electrons. The van der Waals surface area contributed by atoms with Crippen LogP contribution in [0.3, 0.4) is 0 Å². The van der Waals surface area contributed by atoms with Crippen molar-refractivity contribution in [2.24, 2.45) is 17.1 Å². The van der Waals surface area contributed by atoms with E-state index in [0.717, 1.165) is 6.42 Å². The van der Waals surface area contributed by atoms with E-state index in [0.29, 0.717) is 24.0 Å². The molecule has 2 fully saturated rings. The van der Waals surface area contributed by atoms with Gasteiger partial charge in [0.25, 0.3) is 0 Å². The van der Waals surface area contributed by atoms with Gasteiger partial charge in [0.1, 0.15) is 0 Å². The van der Waals surface area contributed by atoms with Crippen molar-refractivity contribution in [2.75, 3.05) is 18.1 Å². The van der Waals surface area contributed by atoms with Gasteiger partial charge < -0.3 is 5.73 Å². The van der Waals surface area contributed by atoms with E-state index in [1.165, 1.54) is 19.3 Å². The molecule has 1 atom stereocenters. The maximum absolute atomic E-state index is 11.4. The first-order chi connectivity index (χ1) is 6.08. The predicted octanol–water partition coefficient (Wildman–Crippen LogP) is 0.550. The lowest BCUT2D eigenvalue weighted by Gasteiger charge is -2.41. The minimum Gasteiger partial charge on any atom is -0.330 e. The van der Waals surface area contributed by atoms with Gasteiger partial charge >= 0.3 is 0 Å². The first-order valence-corrected chi connectivity index (χ1v) is 6.81. The summed E-state index contributed by atoms with van der Waals surface area (Å²) < 4.78 is 22.8. The number of hydrogen-bond donors (Lipinski definition) is 1. The van der Waals surface area contributed by atoms with Crippen molar-refractivity contribution >= 4 is 9.84 Å². The normalized spacial score (nSPS) is 38.8. The lowest BCUT2D eigenvalue weighted by Crippen LogP contribution is -2.42. The quantitative estimate of drug-likeness (QED) is 0.713. The second kappa shape index (κ2) is 2.95. The Balaban J connectivity index is 2.17. The topological polar surface area (TPSA) is 60.2 Å². The maximum Gasteiger partial charge on any atom is 0.150 e. The molecule has 1 unspecified atom stereocenters. The fourth-order valence-corrected chi connectivity index (χ4v) is 4.85. The highest BCUT2D eigenvalue weighted by Gasteiger charge is 2.48. The molecule has 3 nitrogen and oxygen atoms in total. The van der Waals surface area contributed by atoms with Gasteiger partial charge in [-0.15, -0.1) is 0 Å².